The van der Waals surface area contributed by atoms with Crippen LogP contribution in [0.25, 0.3) is 0 Å². The van der Waals surface area contributed by atoms with Crippen molar-refractivity contribution in [1.82, 2.24) is 5.32 Å². The monoisotopic (exact) mass is 264 g/mol. The first-order valence-electron chi connectivity index (χ1n) is 5.17. The molecular weight excluding hydrogens is 252 g/mol. The highest BCUT2D eigenvalue weighted by Crippen LogP contribution is 2.27. The summed E-state index contributed by atoms with van der Waals surface area (Å²) >= 11 is 3.60. The molecule has 2 atom stereocenters. The van der Waals surface area contributed by atoms with Crippen molar-refractivity contribution in [3.8, 4) is 6.07 Å². The van der Waals surface area contributed by atoms with E-state index in [1.54, 1.807) is 0 Å². The van der Waals surface area contributed by atoms with E-state index in [1.807, 2.05) is 24.3 Å². The minimum atomic E-state index is 0.342. The summed E-state index contributed by atoms with van der Waals surface area (Å²) in [6, 6.07) is 10.4. The fourth-order valence-corrected chi connectivity index (χ4v) is 2.44. The molecule has 0 aliphatic carbocycles. The Morgan fingerprint density at radius 2 is 2.13 bits per heavy atom. The Bertz CT molecular complexity index is 375. The van der Waals surface area contributed by atoms with Gasteiger partial charge in [-0.3, -0.25) is 0 Å². The topological polar surface area (TPSA) is 35.8 Å². The molecule has 2 unspecified atom stereocenters. The molecule has 1 N–H and O–H groups in total. The molecule has 1 aliphatic rings. The van der Waals surface area contributed by atoms with Crippen LogP contribution in [0.2, 0.25) is 0 Å². The maximum atomic E-state index is 9.01. The molecule has 0 spiro atoms. The van der Waals surface area contributed by atoms with E-state index in [2.05, 4.69) is 27.3 Å². The van der Waals surface area contributed by atoms with Crippen molar-refractivity contribution in [3.05, 3.63) is 35.4 Å². The van der Waals surface area contributed by atoms with Gasteiger partial charge in [-0.2, -0.15) is 5.26 Å². The van der Waals surface area contributed by atoms with E-state index in [-0.39, 0.29) is 0 Å². The molecule has 78 valence electrons. The van der Waals surface area contributed by atoms with E-state index in [1.165, 1.54) is 0 Å². The van der Waals surface area contributed by atoms with Gasteiger partial charge in [0.1, 0.15) is 0 Å². The van der Waals surface area contributed by atoms with Crippen molar-refractivity contribution in [1.29, 1.82) is 5.26 Å². The minimum Gasteiger partial charge on any atom is -0.309 e. The quantitative estimate of drug-likeness (QED) is 0.792. The van der Waals surface area contributed by atoms with Crippen molar-refractivity contribution in [2.45, 2.75) is 23.7 Å². The maximum Gasteiger partial charge on any atom is 0.0995 e. The van der Waals surface area contributed by atoms with Gasteiger partial charge < -0.3 is 5.32 Å². The minimum absolute atomic E-state index is 0.342. The summed E-state index contributed by atoms with van der Waals surface area (Å²) in [7, 11) is 0. The molecule has 1 fully saturated rings. The second-order valence-electron chi connectivity index (χ2n) is 3.83. The lowest BCUT2D eigenvalue weighted by atomic mass is 9.94. The number of piperidine rings is 1. The summed E-state index contributed by atoms with van der Waals surface area (Å²) in [5.74, 6) is 0. The van der Waals surface area contributed by atoms with E-state index in [0.29, 0.717) is 10.9 Å². The molecule has 0 aromatic heterocycles. The molecule has 3 heteroatoms. The van der Waals surface area contributed by atoms with Gasteiger partial charge in [-0.25, -0.2) is 0 Å². The van der Waals surface area contributed by atoms with Gasteiger partial charge in [-0.1, -0.05) is 34.1 Å². The highest BCUT2D eigenvalue weighted by atomic mass is 79.9. The van der Waals surface area contributed by atoms with Crippen LogP contribution in [0.5, 0.6) is 0 Å². The molecule has 1 aromatic rings. The Morgan fingerprint density at radius 3 is 2.80 bits per heavy atom. The van der Waals surface area contributed by atoms with Gasteiger partial charge >= 0.3 is 0 Å². The van der Waals surface area contributed by atoms with Crippen molar-refractivity contribution < 1.29 is 0 Å². The Balaban J connectivity index is 2.19. The molecule has 0 saturated carbocycles. The number of hydrogen-bond donors (Lipinski definition) is 1. The summed E-state index contributed by atoms with van der Waals surface area (Å²) in [6.45, 7) is 0.977. The standard InChI is InChI=1S/C12H13BrN2/c13-10-5-6-12(15-8-10)11-4-2-1-3-9(11)7-14/h1-4,10,12,15H,5-6,8H2. The Morgan fingerprint density at radius 1 is 1.33 bits per heavy atom. The Labute approximate surface area is 98.4 Å². The van der Waals surface area contributed by atoms with Crippen LogP contribution in [0.3, 0.4) is 0 Å². The summed E-state index contributed by atoms with van der Waals surface area (Å²) < 4.78 is 0. The first kappa shape index (κ1) is 10.7. The molecule has 2 rings (SSSR count). The number of hydrogen-bond acceptors (Lipinski definition) is 2. The number of alkyl halides is 1. The summed E-state index contributed by atoms with van der Waals surface area (Å²) in [5.41, 5.74) is 1.93. The van der Waals surface area contributed by atoms with Gasteiger partial charge in [-0.15, -0.1) is 0 Å². The smallest absolute Gasteiger partial charge is 0.0995 e. The maximum absolute atomic E-state index is 9.01. The zero-order chi connectivity index (χ0) is 10.7. The molecule has 0 radical (unpaired) electrons. The molecule has 0 bridgehead atoms. The number of rotatable bonds is 1. The molecule has 1 aromatic carbocycles. The van der Waals surface area contributed by atoms with Crippen molar-refractivity contribution in [3.63, 3.8) is 0 Å². The predicted molar refractivity (Wildman–Crippen MR) is 63.8 cm³/mol. The van der Waals surface area contributed by atoms with Gasteiger partial charge in [0.05, 0.1) is 11.6 Å². The zero-order valence-corrected chi connectivity index (χ0v) is 10.00. The average Bonchev–Trinajstić information content (AvgIpc) is 2.30. The lowest BCUT2D eigenvalue weighted by Gasteiger charge is -2.27. The second-order valence-corrected chi connectivity index (χ2v) is 5.13. The van der Waals surface area contributed by atoms with Gasteiger partial charge in [0.2, 0.25) is 0 Å². The van der Waals surface area contributed by atoms with E-state index < -0.39 is 0 Å². The Hall–Kier alpha value is -0.850. The number of nitrogens with zero attached hydrogens (tertiary/aromatic N) is 1. The van der Waals surface area contributed by atoms with Gasteiger partial charge in [0, 0.05) is 17.4 Å². The predicted octanol–water partition coefficient (Wildman–Crippen LogP) is 2.75. The lowest BCUT2D eigenvalue weighted by molar-refractivity contribution is 0.423. The van der Waals surface area contributed by atoms with E-state index in [4.69, 9.17) is 5.26 Å². The van der Waals surface area contributed by atoms with Crippen LogP contribution in [-0.4, -0.2) is 11.4 Å². The first-order valence-corrected chi connectivity index (χ1v) is 6.09. The van der Waals surface area contributed by atoms with Crippen LogP contribution in [0, 0.1) is 11.3 Å². The lowest BCUT2D eigenvalue weighted by Crippen LogP contribution is -2.33. The van der Waals surface area contributed by atoms with Crippen LogP contribution in [-0.2, 0) is 0 Å². The molecular formula is C12H13BrN2. The molecule has 1 saturated heterocycles. The van der Waals surface area contributed by atoms with E-state index in [0.717, 1.165) is 30.5 Å². The average molecular weight is 265 g/mol. The number of benzene rings is 1. The third-order valence-corrected chi connectivity index (χ3v) is 3.59. The van der Waals surface area contributed by atoms with Gasteiger partial charge in [0.15, 0.2) is 0 Å². The molecule has 15 heavy (non-hydrogen) atoms. The van der Waals surface area contributed by atoms with E-state index >= 15 is 0 Å². The van der Waals surface area contributed by atoms with Gasteiger partial charge in [-0.05, 0) is 24.5 Å². The van der Waals surface area contributed by atoms with Crippen molar-refractivity contribution in [2.24, 2.45) is 0 Å². The van der Waals surface area contributed by atoms with Gasteiger partial charge in [0.25, 0.3) is 0 Å². The van der Waals surface area contributed by atoms with Crippen LogP contribution in [0.15, 0.2) is 24.3 Å². The Kier molecular flexibility index (Phi) is 3.40. The molecule has 1 heterocycles. The number of nitriles is 1. The third-order valence-electron chi connectivity index (χ3n) is 2.81. The van der Waals surface area contributed by atoms with E-state index in [9.17, 15) is 0 Å². The van der Waals surface area contributed by atoms with Crippen LogP contribution in [0.4, 0.5) is 0 Å². The van der Waals surface area contributed by atoms with Crippen molar-refractivity contribution in [2.75, 3.05) is 6.54 Å². The third kappa shape index (κ3) is 2.39. The van der Waals surface area contributed by atoms with Crippen LogP contribution < -0.4 is 5.32 Å². The SMILES string of the molecule is N#Cc1ccccc1C1CCC(Br)CN1. The normalized spacial score (nSPS) is 25.9. The van der Waals surface area contributed by atoms with Crippen molar-refractivity contribution >= 4 is 15.9 Å². The molecule has 1 aliphatic heterocycles. The fraction of sp³-hybridized carbons (Fsp3) is 0.417. The zero-order valence-electron chi connectivity index (χ0n) is 8.41. The largest absolute Gasteiger partial charge is 0.309 e. The number of halogens is 1. The number of nitrogens with one attached hydrogen (secondary N) is 1. The van der Waals surface area contributed by atoms with Crippen LogP contribution in [0.1, 0.15) is 30.0 Å². The highest BCUT2D eigenvalue weighted by molar-refractivity contribution is 9.09. The molecule has 2 nitrogen and oxygen atoms in total. The first-order chi connectivity index (χ1) is 7.31. The van der Waals surface area contributed by atoms with Crippen LogP contribution >= 0.6 is 15.9 Å². The summed E-state index contributed by atoms with van der Waals surface area (Å²) in [6.07, 6.45) is 2.26. The summed E-state index contributed by atoms with van der Waals surface area (Å²) in [5, 5.41) is 12.5. The second kappa shape index (κ2) is 4.78. The fourth-order valence-electron chi connectivity index (χ4n) is 1.99. The molecule has 0 amide bonds. The summed E-state index contributed by atoms with van der Waals surface area (Å²) in [4.78, 5) is 0.572. The highest BCUT2D eigenvalue weighted by Gasteiger charge is 2.21.